The van der Waals surface area contributed by atoms with Crippen LogP contribution in [0, 0.1) is 27.7 Å². The Morgan fingerprint density at radius 3 is 1.41 bits per heavy atom. The van der Waals surface area contributed by atoms with Crippen molar-refractivity contribution in [1.82, 2.24) is 0 Å². The molecule has 294 valence electrons. The van der Waals surface area contributed by atoms with Crippen LogP contribution in [0.25, 0.3) is 32.7 Å². The molecular formula is C55H56N2Si2. The Labute approximate surface area is 353 Å². The highest BCUT2D eigenvalue weighted by atomic mass is 28.4. The summed E-state index contributed by atoms with van der Waals surface area (Å²) in [6.45, 7) is 24.6. The highest BCUT2D eigenvalue weighted by Crippen LogP contribution is 2.61. The molecule has 0 radical (unpaired) electrons. The maximum Gasteiger partial charge on any atom is 0.0579 e. The minimum atomic E-state index is -2.04. The minimum Gasteiger partial charge on any atom is -0.310 e. The first-order chi connectivity index (χ1) is 28.2. The van der Waals surface area contributed by atoms with Crippen molar-refractivity contribution in [2.24, 2.45) is 0 Å². The first-order valence-electron chi connectivity index (χ1n) is 21.2. The zero-order valence-corrected chi connectivity index (χ0v) is 38.4. The van der Waals surface area contributed by atoms with E-state index >= 15 is 0 Å². The summed E-state index contributed by atoms with van der Waals surface area (Å²) in [5, 5.41) is 5.20. The van der Waals surface area contributed by atoms with Crippen molar-refractivity contribution in [3.05, 3.63) is 191 Å². The van der Waals surface area contributed by atoms with Crippen LogP contribution in [0.1, 0.15) is 33.4 Å². The van der Waals surface area contributed by atoms with Crippen LogP contribution in [0.2, 0.25) is 39.3 Å². The summed E-state index contributed by atoms with van der Waals surface area (Å²) in [6, 6.07) is 59.9. The van der Waals surface area contributed by atoms with Gasteiger partial charge >= 0.3 is 0 Å². The predicted molar refractivity (Wildman–Crippen MR) is 263 cm³/mol. The Morgan fingerprint density at radius 2 is 0.864 bits per heavy atom. The lowest BCUT2D eigenvalue weighted by Gasteiger charge is -2.51. The summed E-state index contributed by atoms with van der Waals surface area (Å²) < 4.78 is -0.0642. The summed E-state index contributed by atoms with van der Waals surface area (Å²) in [6.07, 6.45) is 0. The van der Waals surface area contributed by atoms with Gasteiger partial charge in [0.2, 0.25) is 0 Å². The highest BCUT2D eigenvalue weighted by Gasteiger charge is 2.59. The molecule has 0 atom stereocenters. The molecule has 0 spiro atoms. The second kappa shape index (κ2) is 14.3. The first-order valence-corrected chi connectivity index (χ1v) is 28.2. The van der Waals surface area contributed by atoms with E-state index in [1.165, 1.54) is 94.5 Å². The van der Waals surface area contributed by atoms with Gasteiger partial charge in [-0.25, -0.2) is 0 Å². The minimum absolute atomic E-state index is 0.0642. The fourth-order valence-corrected chi connectivity index (χ4v) is 24.2. The lowest BCUT2D eigenvalue weighted by Crippen LogP contribution is -2.63. The molecule has 8 aromatic carbocycles. The van der Waals surface area contributed by atoms with E-state index in [1.54, 1.807) is 0 Å². The Kier molecular flexibility index (Phi) is 9.37. The number of aryl methyl sites for hydroxylation is 4. The molecule has 1 aliphatic carbocycles. The fraction of sp³-hybridized carbons (Fsp3) is 0.200. The van der Waals surface area contributed by atoms with Gasteiger partial charge in [0.1, 0.15) is 0 Å². The van der Waals surface area contributed by atoms with Crippen molar-refractivity contribution in [2.45, 2.75) is 71.6 Å². The highest BCUT2D eigenvalue weighted by molar-refractivity contribution is 6.99. The van der Waals surface area contributed by atoms with Gasteiger partial charge in [-0.15, -0.1) is 0 Å². The largest absolute Gasteiger partial charge is 0.310 e. The number of hydrogen-bond acceptors (Lipinski definition) is 2. The topological polar surface area (TPSA) is 6.48 Å². The van der Waals surface area contributed by atoms with Crippen molar-refractivity contribution in [3.8, 4) is 11.1 Å². The summed E-state index contributed by atoms with van der Waals surface area (Å²) in [4.78, 5) is 4.95. The molecular weight excluding hydrogens is 745 g/mol. The van der Waals surface area contributed by atoms with E-state index in [0.717, 1.165) is 5.69 Å². The molecule has 0 N–H and O–H groups in total. The number of benzene rings is 8. The van der Waals surface area contributed by atoms with Gasteiger partial charge < -0.3 is 9.80 Å². The molecule has 0 fully saturated rings. The van der Waals surface area contributed by atoms with E-state index in [2.05, 4.69) is 235 Å². The standard InChI is InChI=1S/C55H56N2Si2/c1-37-27-38(2)30-46(29-37)56(43-19-13-11-14-20-43)45-26-25-41-34-50-51(35-42(41)33-45)55(58(5,6)7,59(8,9)10)52-36-53(48-23-17-18-24-49(48)54(50)52)57(44-21-15-12-16-22-44)47-31-39(3)28-40(4)32-47/h11-36H,1-10H3. The molecule has 0 bridgehead atoms. The van der Waals surface area contributed by atoms with Crippen molar-refractivity contribution in [3.63, 3.8) is 0 Å². The molecule has 0 unspecified atom stereocenters. The molecule has 0 heterocycles. The molecule has 0 aromatic heterocycles. The lowest BCUT2D eigenvalue weighted by atomic mass is 9.94. The summed E-state index contributed by atoms with van der Waals surface area (Å²) in [5.41, 5.74) is 18.1. The zero-order chi connectivity index (χ0) is 41.4. The van der Waals surface area contributed by atoms with Crippen molar-refractivity contribution in [1.29, 1.82) is 0 Å². The smallest absolute Gasteiger partial charge is 0.0579 e. The van der Waals surface area contributed by atoms with Gasteiger partial charge in [0.05, 0.1) is 21.8 Å². The van der Waals surface area contributed by atoms with Crippen LogP contribution >= 0.6 is 0 Å². The van der Waals surface area contributed by atoms with Gasteiger partial charge in [-0.2, -0.15) is 0 Å². The van der Waals surface area contributed by atoms with Crippen LogP contribution < -0.4 is 9.80 Å². The van der Waals surface area contributed by atoms with Crippen molar-refractivity contribution >= 4 is 71.8 Å². The summed E-state index contributed by atoms with van der Waals surface area (Å²) >= 11 is 0. The molecule has 4 heteroatoms. The van der Waals surface area contributed by atoms with Crippen LogP contribution in [0.15, 0.2) is 158 Å². The molecule has 0 aliphatic heterocycles. The van der Waals surface area contributed by atoms with Gasteiger partial charge in [-0.3, -0.25) is 0 Å². The van der Waals surface area contributed by atoms with Crippen LogP contribution in [0.3, 0.4) is 0 Å². The monoisotopic (exact) mass is 800 g/mol. The third-order valence-corrected chi connectivity index (χ3v) is 22.8. The van der Waals surface area contributed by atoms with E-state index < -0.39 is 16.1 Å². The lowest BCUT2D eigenvalue weighted by molar-refractivity contribution is 0.954. The van der Waals surface area contributed by atoms with Crippen LogP contribution in [0.5, 0.6) is 0 Å². The number of fused-ring (bicyclic) bond motifs is 6. The second-order valence-corrected chi connectivity index (χ2v) is 30.1. The maximum atomic E-state index is 2.64. The number of nitrogens with zero attached hydrogens (tertiary/aromatic N) is 2. The van der Waals surface area contributed by atoms with Gasteiger partial charge in [0.15, 0.2) is 0 Å². The third kappa shape index (κ3) is 6.36. The average Bonchev–Trinajstić information content (AvgIpc) is 3.48. The molecule has 0 saturated carbocycles. The number of rotatable bonds is 8. The molecule has 59 heavy (non-hydrogen) atoms. The molecule has 8 aromatic rings. The van der Waals surface area contributed by atoms with Crippen LogP contribution in [0.4, 0.5) is 34.1 Å². The van der Waals surface area contributed by atoms with Crippen molar-refractivity contribution in [2.75, 3.05) is 9.80 Å². The summed E-state index contributed by atoms with van der Waals surface area (Å²) in [5.74, 6) is 0. The Balaban J connectivity index is 1.35. The fourth-order valence-electron chi connectivity index (χ4n) is 11.1. The molecule has 2 nitrogen and oxygen atoms in total. The van der Waals surface area contributed by atoms with Crippen molar-refractivity contribution < 1.29 is 0 Å². The number of para-hydroxylation sites is 2. The Bertz CT molecular complexity index is 2850. The van der Waals surface area contributed by atoms with Crippen LogP contribution in [-0.4, -0.2) is 16.1 Å². The third-order valence-electron chi connectivity index (χ3n) is 12.8. The van der Waals surface area contributed by atoms with E-state index in [1.807, 2.05) is 0 Å². The molecule has 0 saturated heterocycles. The Hall–Kier alpha value is -5.69. The number of hydrogen-bond donors (Lipinski definition) is 0. The predicted octanol–water partition coefficient (Wildman–Crippen LogP) is 16.2. The van der Waals surface area contributed by atoms with E-state index in [4.69, 9.17) is 0 Å². The van der Waals surface area contributed by atoms with E-state index in [-0.39, 0.29) is 4.66 Å². The van der Waals surface area contributed by atoms with E-state index in [0.29, 0.717) is 0 Å². The SMILES string of the molecule is Cc1cc(C)cc(N(c2ccccc2)c2ccc3cc4c(cc3c2)C([Si](C)(C)C)([Si](C)(C)C)c2cc(N(c3ccccc3)c3cc(C)cc(C)c3)c3ccccc3c2-4)c1. The van der Waals surface area contributed by atoms with Gasteiger partial charge in [-0.05, 0) is 161 Å². The zero-order valence-electron chi connectivity index (χ0n) is 36.4. The maximum absolute atomic E-state index is 2.64. The quantitative estimate of drug-likeness (QED) is 0.141. The molecule has 0 amide bonds. The van der Waals surface area contributed by atoms with Gasteiger partial charge in [-0.1, -0.05) is 124 Å². The van der Waals surface area contributed by atoms with Crippen LogP contribution in [-0.2, 0) is 4.66 Å². The molecule has 9 rings (SSSR count). The summed E-state index contributed by atoms with van der Waals surface area (Å²) in [7, 11) is -4.08. The second-order valence-electron chi connectivity index (χ2n) is 19.1. The van der Waals surface area contributed by atoms with Gasteiger partial charge in [0, 0.05) is 38.5 Å². The first kappa shape index (κ1) is 38.8. The average molecular weight is 801 g/mol. The number of anilines is 6. The van der Waals surface area contributed by atoms with E-state index in [9.17, 15) is 0 Å². The normalized spacial score (nSPS) is 13.4. The van der Waals surface area contributed by atoms with Gasteiger partial charge in [0.25, 0.3) is 0 Å². The molecule has 1 aliphatic rings. The Morgan fingerprint density at radius 1 is 0.373 bits per heavy atom.